The second kappa shape index (κ2) is 5.67. The number of hydrogen-bond acceptors (Lipinski definition) is 3. The van der Waals surface area contributed by atoms with Crippen LogP contribution in [-0.4, -0.2) is 28.3 Å². The predicted octanol–water partition coefficient (Wildman–Crippen LogP) is 1.26. The lowest BCUT2D eigenvalue weighted by Crippen LogP contribution is -2.38. The van der Waals surface area contributed by atoms with E-state index in [-0.39, 0.29) is 11.9 Å². The van der Waals surface area contributed by atoms with Crippen molar-refractivity contribution < 1.29 is 4.79 Å². The SMILES string of the molecule is Cc1cc(C(=O)N[C@@H](C)CN)nn1-c1ccccc1. The smallest absolute Gasteiger partial charge is 0.272 e. The molecule has 5 nitrogen and oxygen atoms in total. The van der Waals surface area contributed by atoms with Gasteiger partial charge in [-0.3, -0.25) is 4.79 Å². The molecule has 0 aliphatic carbocycles. The summed E-state index contributed by atoms with van der Waals surface area (Å²) in [5.74, 6) is -0.198. The molecule has 0 radical (unpaired) electrons. The number of hydrogen-bond donors (Lipinski definition) is 2. The van der Waals surface area contributed by atoms with Crippen molar-refractivity contribution in [3.05, 3.63) is 47.8 Å². The number of amides is 1. The first-order valence-corrected chi connectivity index (χ1v) is 6.25. The van der Waals surface area contributed by atoms with Gasteiger partial charge in [0.1, 0.15) is 0 Å². The van der Waals surface area contributed by atoms with E-state index in [4.69, 9.17) is 5.73 Å². The van der Waals surface area contributed by atoms with Crippen molar-refractivity contribution in [1.82, 2.24) is 15.1 Å². The molecule has 19 heavy (non-hydrogen) atoms. The highest BCUT2D eigenvalue weighted by Crippen LogP contribution is 2.11. The molecule has 0 unspecified atom stereocenters. The molecular formula is C14H18N4O. The number of para-hydroxylation sites is 1. The maximum absolute atomic E-state index is 12.0. The van der Waals surface area contributed by atoms with Gasteiger partial charge in [0.05, 0.1) is 5.69 Å². The van der Waals surface area contributed by atoms with Crippen molar-refractivity contribution in [2.75, 3.05) is 6.54 Å². The molecule has 1 heterocycles. The second-order valence-electron chi connectivity index (χ2n) is 4.53. The molecule has 100 valence electrons. The Bertz CT molecular complexity index is 562. The minimum atomic E-state index is -0.198. The number of aryl methyl sites for hydroxylation is 1. The molecule has 1 atom stereocenters. The van der Waals surface area contributed by atoms with Crippen LogP contribution in [0.5, 0.6) is 0 Å². The molecule has 0 saturated heterocycles. The van der Waals surface area contributed by atoms with E-state index in [1.165, 1.54) is 0 Å². The lowest BCUT2D eigenvalue weighted by molar-refractivity contribution is 0.0936. The zero-order valence-electron chi connectivity index (χ0n) is 11.1. The van der Waals surface area contributed by atoms with Gasteiger partial charge in [-0.1, -0.05) is 18.2 Å². The van der Waals surface area contributed by atoms with Crippen LogP contribution in [0.15, 0.2) is 36.4 Å². The average Bonchev–Trinajstić information content (AvgIpc) is 2.82. The summed E-state index contributed by atoms with van der Waals surface area (Å²) in [5.41, 5.74) is 7.74. The summed E-state index contributed by atoms with van der Waals surface area (Å²) in [5, 5.41) is 7.13. The van der Waals surface area contributed by atoms with Crippen molar-refractivity contribution in [1.29, 1.82) is 0 Å². The molecular weight excluding hydrogens is 240 g/mol. The third-order valence-corrected chi connectivity index (χ3v) is 2.85. The van der Waals surface area contributed by atoms with Crippen LogP contribution in [0.25, 0.3) is 5.69 Å². The summed E-state index contributed by atoms with van der Waals surface area (Å²) in [4.78, 5) is 12.0. The summed E-state index contributed by atoms with van der Waals surface area (Å²) in [6.07, 6.45) is 0. The molecule has 5 heteroatoms. The van der Waals surface area contributed by atoms with Crippen LogP contribution in [-0.2, 0) is 0 Å². The Morgan fingerprint density at radius 1 is 1.42 bits per heavy atom. The zero-order valence-corrected chi connectivity index (χ0v) is 11.1. The highest BCUT2D eigenvalue weighted by atomic mass is 16.2. The van der Waals surface area contributed by atoms with Crippen LogP contribution >= 0.6 is 0 Å². The molecule has 2 aromatic rings. The molecule has 1 aromatic heterocycles. The number of carbonyl (C=O) groups excluding carboxylic acids is 1. The quantitative estimate of drug-likeness (QED) is 0.867. The monoisotopic (exact) mass is 258 g/mol. The van der Waals surface area contributed by atoms with E-state index in [1.807, 2.05) is 44.2 Å². The third-order valence-electron chi connectivity index (χ3n) is 2.85. The molecule has 3 N–H and O–H groups in total. The van der Waals surface area contributed by atoms with E-state index in [0.717, 1.165) is 11.4 Å². The van der Waals surface area contributed by atoms with Gasteiger partial charge in [-0.15, -0.1) is 0 Å². The molecule has 1 aromatic carbocycles. The maximum atomic E-state index is 12.0. The number of aromatic nitrogens is 2. The fourth-order valence-corrected chi connectivity index (χ4v) is 1.77. The zero-order chi connectivity index (χ0) is 13.8. The Morgan fingerprint density at radius 2 is 2.11 bits per heavy atom. The fourth-order valence-electron chi connectivity index (χ4n) is 1.77. The topological polar surface area (TPSA) is 72.9 Å². The standard InChI is InChI=1S/C14H18N4O/c1-10(9-15)16-14(19)13-8-11(2)18(17-13)12-6-4-3-5-7-12/h3-8,10H,9,15H2,1-2H3,(H,16,19)/t10-/m0/s1. The summed E-state index contributed by atoms with van der Waals surface area (Å²) < 4.78 is 1.75. The van der Waals surface area contributed by atoms with Crippen molar-refractivity contribution in [2.45, 2.75) is 19.9 Å². The molecule has 0 saturated carbocycles. The van der Waals surface area contributed by atoms with Gasteiger partial charge in [0, 0.05) is 18.3 Å². The number of rotatable bonds is 4. The van der Waals surface area contributed by atoms with E-state index in [9.17, 15) is 4.79 Å². The van der Waals surface area contributed by atoms with Gasteiger partial charge in [0.2, 0.25) is 0 Å². The predicted molar refractivity (Wildman–Crippen MR) is 74.3 cm³/mol. The summed E-state index contributed by atoms with van der Waals surface area (Å²) in [7, 11) is 0. The average molecular weight is 258 g/mol. The molecule has 0 aliphatic heterocycles. The number of nitrogens with two attached hydrogens (primary N) is 1. The van der Waals surface area contributed by atoms with Crippen LogP contribution in [0.4, 0.5) is 0 Å². The molecule has 0 aliphatic rings. The Morgan fingerprint density at radius 3 is 2.74 bits per heavy atom. The first-order chi connectivity index (χ1) is 9.11. The van der Waals surface area contributed by atoms with Gasteiger partial charge in [-0.25, -0.2) is 4.68 Å². The summed E-state index contributed by atoms with van der Waals surface area (Å²) in [6, 6.07) is 11.4. The maximum Gasteiger partial charge on any atom is 0.272 e. The minimum Gasteiger partial charge on any atom is -0.347 e. The van der Waals surface area contributed by atoms with Gasteiger partial charge >= 0.3 is 0 Å². The van der Waals surface area contributed by atoms with Gasteiger partial charge in [-0.2, -0.15) is 5.10 Å². The van der Waals surface area contributed by atoms with Crippen LogP contribution in [0, 0.1) is 6.92 Å². The number of nitrogens with one attached hydrogen (secondary N) is 1. The van der Waals surface area contributed by atoms with Gasteiger partial charge in [0.25, 0.3) is 5.91 Å². The normalized spacial score (nSPS) is 12.2. The summed E-state index contributed by atoms with van der Waals surface area (Å²) >= 11 is 0. The van der Waals surface area contributed by atoms with Crippen molar-refractivity contribution in [2.24, 2.45) is 5.73 Å². The Balaban J connectivity index is 2.24. The highest BCUT2D eigenvalue weighted by Gasteiger charge is 2.14. The Hall–Kier alpha value is -2.14. The van der Waals surface area contributed by atoms with Crippen LogP contribution in [0.1, 0.15) is 23.1 Å². The largest absolute Gasteiger partial charge is 0.347 e. The lowest BCUT2D eigenvalue weighted by Gasteiger charge is -2.09. The second-order valence-corrected chi connectivity index (χ2v) is 4.53. The minimum absolute atomic E-state index is 0.0605. The van der Waals surface area contributed by atoms with Gasteiger partial charge < -0.3 is 11.1 Å². The van der Waals surface area contributed by atoms with Gasteiger partial charge in [0.15, 0.2) is 5.69 Å². The highest BCUT2D eigenvalue weighted by molar-refractivity contribution is 5.92. The van der Waals surface area contributed by atoms with Crippen molar-refractivity contribution in [3.8, 4) is 5.69 Å². The molecule has 2 rings (SSSR count). The molecule has 0 fully saturated rings. The fraction of sp³-hybridized carbons (Fsp3) is 0.286. The summed E-state index contributed by atoms with van der Waals surface area (Å²) in [6.45, 7) is 4.19. The van der Waals surface area contributed by atoms with Crippen molar-refractivity contribution in [3.63, 3.8) is 0 Å². The van der Waals surface area contributed by atoms with E-state index in [2.05, 4.69) is 10.4 Å². The number of carbonyl (C=O) groups is 1. The Kier molecular flexibility index (Phi) is 3.97. The van der Waals surface area contributed by atoms with E-state index < -0.39 is 0 Å². The Labute approximate surface area is 112 Å². The number of benzene rings is 1. The van der Waals surface area contributed by atoms with E-state index in [0.29, 0.717) is 12.2 Å². The number of nitrogens with zero attached hydrogens (tertiary/aromatic N) is 2. The molecule has 0 spiro atoms. The van der Waals surface area contributed by atoms with Crippen molar-refractivity contribution >= 4 is 5.91 Å². The molecule has 0 bridgehead atoms. The van der Waals surface area contributed by atoms with Crippen LogP contribution in [0.3, 0.4) is 0 Å². The first kappa shape index (κ1) is 13.3. The van der Waals surface area contributed by atoms with E-state index in [1.54, 1.807) is 10.7 Å². The van der Waals surface area contributed by atoms with Gasteiger partial charge in [-0.05, 0) is 32.0 Å². The van der Waals surface area contributed by atoms with Crippen LogP contribution in [0.2, 0.25) is 0 Å². The molecule has 1 amide bonds. The first-order valence-electron chi connectivity index (χ1n) is 6.25. The third kappa shape index (κ3) is 3.00. The van der Waals surface area contributed by atoms with Crippen LogP contribution < -0.4 is 11.1 Å². The van der Waals surface area contributed by atoms with E-state index >= 15 is 0 Å². The lowest BCUT2D eigenvalue weighted by atomic mass is 10.3.